The molecule has 2 heterocycles. The Kier molecular flexibility index (Phi) is 5.78. The average Bonchev–Trinajstić information content (AvgIpc) is 2.76. The summed E-state index contributed by atoms with van der Waals surface area (Å²) in [5.41, 5.74) is 1.02. The smallest absolute Gasteiger partial charge is 0.295 e. The fourth-order valence-electron chi connectivity index (χ4n) is 3.55. The SMILES string of the molecule is O=[N+]([O-])c1cc(F)ccc1Nc1cc(-c2ccccn2)nc(NC2CCCCC2)n1. The maximum Gasteiger partial charge on any atom is 0.295 e. The molecule has 30 heavy (non-hydrogen) atoms. The predicted molar refractivity (Wildman–Crippen MR) is 112 cm³/mol. The van der Waals surface area contributed by atoms with E-state index in [1.807, 2.05) is 18.2 Å². The molecule has 0 aliphatic heterocycles. The van der Waals surface area contributed by atoms with Crippen molar-refractivity contribution in [3.8, 4) is 11.4 Å². The van der Waals surface area contributed by atoms with Crippen molar-refractivity contribution < 1.29 is 9.31 Å². The van der Waals surface area contributed by atoms with Gasteiger partial charge in [-0.3, -0.25) is 15.1 Å². The van der Waals surface area contributed by atoms with E-state index in [-0.39, 0.29) is 17.4 Å². The van der Waals surface area contributed by atoms with E-state index < -0.39 is 10.7 Å². The van der Waals surface area contributed by atoms with E-state index in [2.05, 4.69) is 25.6 Å². The number of nitro benzene ring substituents is 1. The van der Waals surface area contributed by atoms with Crippen LogP contribution in [0.5, 0.6) is 0 Å². The molecule has 2 N–H and O–H groups in total. The summed E-state index contributed by atoms with van der Waals surface area (Å²) in [4.78, 5) is 24.1. The summed E-state index contributed by atoms with van der Waals surface area (Å²) in [5, 5.41) is 17.6. The van der Waals surface area contributed by atoms with Crippen LogP contribution in [0, 0.1) is 15.9 Å². The Balaban J connectivity index is 1.69. The predicted octanol–water partition coefficient (Wildman–Crippen LogP) is 5.07. The minimum absolute atomic E-state index is 0.149. The van der Waals surface area contributed by atoms with Crippen molar-refractivity contribution in [1.82, 2.24) is 15.0 Å². The number of anilines is 3. The van der Waals surface area contributed by atoms with E-state index in [0.717, 1.165) is 37.8 Å². The molecule has 2 aromatic heterocycles. The van der Waals surface area contributed by atoms with Gasteiger partial charge < -0.3 is 10.6 Å². The standard InChI is InChI=1S/C21H21FN6O2/c22-14-9-10-17(19(12-14)28(29)30)25-20-13-18(16-8-4-5-11-23-16)26-21(27-20)24-15-6-2-1-3-7-15/h4-5,8-13,15H,1-3,6-7H2,(H2,24,25,26,27). The second kappa shape index (κ2) is 8.81. The normalized spacial score (nSPS) is 14.3. The lowest BCUT2D eigenvalue weighted by Crippen LogP contribution is -2.23. The van der Waals surface area contributed by atoms with Crippen LogP contribution in [0.25, 0.3) is 11.4 Å². The first-order chi connectivity index (χ1) is 14.6. The maximum absolute atomic E-state index is 13.5. The zero-order valence-electron chi connectivity index (χ0n) is 16.2. The third-order valence-electron chi connectivity index (χ3n) is 5.01. The zero-order chi connectivity index (χ0) is 20.9. The first-order valence-electron chi connectivity index (χ1n) is 9.86. The van der Waals surface area contributed by atoms with Crippen molar-refractivity contribution in [1.29, 1.82) is 0 Å². The first-order valence-corrected chi connectivity index (χ1v) is 9.86. The molecule has 1 aliphatic carbocycles. The molecule has 3 aromatic rings. The lowest BCUT2D eigenvalue weighted by atomic mass is 9.96. The highest BCUT2D eigenvalue weighted by molar-refractivity contribution is 5.70. The van der Waals surface area contributed by atoms with Gasteiger partial charge in [-0.2, -0.15) is 4.98 Å². The number of rotatable bonds is 6. The number of halogens is 1. The van der Waals surface area contributed by atoms with Crippen LogP contribution in [-0.2, 0) is 0 Å². The van der Waals surface area contributed by atoms with E-state index in [9.17, 15) is 14.5 Å². The van der Waals surface area contributed by atoms with Crippen LogP contribution in [0.2, 0.25) is 0 Å². The molecule has 0 radical (unpaired) electrons. The molecule has 9 heteroatoms. The van der Waals surface area contributed by atoms with E-state index in [4.69, 9.17) is 0 Å². The van der Waals surface area contributed by atoms with Gasteiger partial charge in [0.2, 0.25) is 5.95 Å². The fraction of sp³-hybridized carbons (Fsp3) is 0.286. The molecule has 1 saturated carbocycles. The van der Waals surface area contributed by atoms with Crippen LogP contribution >= 0.6 is 0 Å². The second-order valence-corrected chi connectivity index (χ2v) is 7.20. The number of aromatic nitrogens is 3. The lowest BCUT2D eigenvalue weighted by Gasteiger charge is -2.23. The summed E-state index contributed by atoms with van der Waals surface area (Å²) >= 11 is 0. The number of hydrogen-bond donors (Lipinski definition) is 2. The van der Waals surface area contributed by atoms with Crippen LogP contribution < -0.4 is 10.6 Å². The minimum Gasteiger partial charge on any atom is -0.351 e. The van der Waals surface area contributed by atoms with Gasteiger partial charge >= 0.3 is 0 Å². The van der Waals surface area contributed by atoms with Gasteiger partial charge in [0, 0.05) is 18.3 Å². The van der Waals surface area contributed by atoms with E-state index in [1.54, 1.807) is 12.3 Å². The van der Waals surface area contributed by atoms with E-state index >= 15 is 0 Å². The largest absolute Gasteiger partial charge is 0.351 e. The first kappa shape index (κ1) is 19.7. The van der Waals surface area contributed by atoms with Gasteiger partial charge in [-0.25, -0.2) is 9.37 Å². The molecule has 0 amide bonds. The molecule has 0 bridgehead atoms. The highest BCUT2D eigenvalue weighted by Crippen LogP contribution is 2.30. The van der Waals surface area contributed by atoms with Crippen molar-refractivity contribution in [3.05, 3.63) is 64.6 Å². The van der Waals surface area contributed by atoms with Gasteiger partial charge in [0.25, 0.3) is 5.69 Å². The van der Waals surface area contributed by atoms with Gasteiger partial charge in [0.1, 0.15) is 17.3 Å². The van der Waals surface area contributed by atoms with Gasteiger partial charge in [0.05, 0.1) is 22.4 Å². The Morgan fingerprint density at radius 3 is 2.60 bits per heavy atom. The number of pyridine rings is 1. The summed E-state index contributed by atoms with van der Waals surface area (Å²) in [6, 6.07) is 10.8. The van der Waals surface area contributed by atoms with Crippen molar-refractivity contribution in [2.45, 2.75) is 38.1 Å². The molecule has 8 nitrogen and oxygen atoms in total. The maximum atomic E-state index is 13.5. The third kappa shape index (κ3) is 4.68. The van der Waals surface area contributed by atoms with Crippen molar-refractivity contribution in [3.63, 3.8) is 0 Å². The molecule has 1 aromatic carbocycles. The van der Waals surface area contributed by atoms with Crippen LogP contribution in [0.1, 0.15) is 32.1 Å². The van der Waals surface area contributed by atoms with Crippen molar-refractivity contribution in [2.75, 3.05) is 10.6 Å². The molecule has 0 saturated heterocycles. The Bertz CT molecular complexity index is 1040. The van der Waals surface area contributed by atoms with Crippen LogP contribution in [-0.4, -0.2) is 25.9 Å². The molecule has 0 atom stereocenters. The summed E-state index contributed by atoms with van der Waals surface area (Å²) in [6.07, 6.45) is 7.30. The minimum atomic E-state index is -0.677. The van der Waals surface area contributed by atoms with Crippen LogP contribution in [0.15, 0.2) is 48.7 Å². The average molecular weight is 408 g/mol. The van der Waals surface area contributed by atoms with E-state index in [0.29, 0.717) is 23.2 Å². The summed E-state index contributed by atoms with van der Waals surface area (Å²) in [7, 11) is 0. The molecular formula is C21H21FN6O2. The number of nitrogens with zero attached hydrogens (tertiary/aromatic N) is 4. The molecule has 154 valence electrons. The third-order valence-corrected chi connectivity index (χ3v) is 5.01. The zero-order valence-corrected chi connectivity index (χ0v) is 16.2. The topological polar surface area (TPSA) is 106 Å². The number of benzene rings is 1. The molecule has 1 fully saturated rings. The quantitative estimate of drug-likeness (QED) is 0.433. The highest BCUT2D eigenvalue weighted by Gasteiger charge is 2.18. The number of nitrogens with one attached hydrogen (secondary N) is 2. The molecule has 1 aliphatic rings. The van der Waals surface area contributed by atoms with E-state index in [1.165, 1.54) is 12.5 Å². The Labute approximate surface area is 172 Å². The monoisotopic (exact) mass is 408 g/mol. The highest BCUT2D eigenvalue weighted by atomic mass is 19.1. The lowest BCUT2D eigenvalue weighted by molar-refractivity contribution is -0.384. The molecular weight excluding hydrogens is 387 g/mol. The number of nitro groups is 1. The Morgan fingerprint density at radius 1 is 1.03 bits per heavy atom. The van der Waals surface area contributed by atoms with Crippen molar-refractivity contribution >= 4 is 23.1 Å². The molecule has 0 spiro atoms. The van der Waals surface area contributed by atoms with Crippen LogP contribution in [0.3, 0.4) is 0 Å². The summed E-state index contributed by atoms with van der Waals surface area (Å²) < 4.78 is 13.5. The van der Waals surface area contributed by atoms with Gasteiger partial charge in [-0.15, -0.1) is 0 Å². The molecule has 4 rings (SSSR count). The van der Waals surface area contributed by atoms with Gasteiger partial charge in [-0.1, -0.05) is 25.3 Å². The fourth-order valence-corrected chi connectivity index (χ4v) is 3.55. The Hall–Kier alpha value is -3.62. The summed E-state index contributed by atoms with van der Waals surface area (Å²) in [6.45, 7) is 0. The second-order valence-electron chi connectivity index (χ2n) is 7.20. The molecule has 0 unspecified atom stereocenters. The Morgan fingerprint density at radius 2 is 1.87 bits per heavy atom. The van der Waals surface area contributed by atoms with Gasteiger partial charge in [-0.05, 0) is 37.1 Å². The van der Waals surface area contributed by atoms with Crippen molar-refractivity contribution in [2.24, 2.45) is 0 Å². The van der Waals surface area contributed by atoms with Gasteiger partial charge in [0.15, 0.2) is 0 Å². The number of hydrogen-bond acceptors (Lipinski definition) is 7. The summed E-state index contributed by atoms with van der Waals surface area (Å²) in [5.74, 6) is 0.111. The van der Waals surface area contributed by atoms with Crippen LogP contribution in [0.4, 0.5) is 27.5 Å².